The smallest absolute Gasteiger partial charge is 0.358 e. The number of carbonyl (C=O) groups is 1. The van der Waals surface area contributed by atoms with Crippen molar-refractivity contribution < 1.29 is 14.3 Å². The van der Waals surface area contributed by atoms with Gasteiger partial charge in [-0.1, -0.05) is 0 Å². The highest BCUT2D eigenvalue weighted by Gasteiger charge is 2.08. The molecule has 2 aromatic rings. The van der Waals surface area contributed by atoms with Gasteiger partial charge in [0, 0.05) is 4.90 Å². The normalized spacial score (nSPS) is 10.0. The summed E-state index contributed by atoms with van der Waals surface area (Å²) in [5.41, 5.74) is 0.146. The highest BCUT2D eigenvalue weighted by atomic mass is 32.2. The molecular weight excluding hydrogens is 264 g/mol. The van der Waals surface area contributed by atoms with E-state index in [0.717, 1.165) is 4.90 Å². The Balaban J connectivity index is 2.08. The number of methoxy groups -OCH3 is 1. The molecule has 2 rings (SSSR count). The maximum Gasteiger partial charge on any atom is 0.358 e. The van der Waals surface area contributed by atoms with E-state index < -0.39 is 5.97 Å². The van der Waals surface area contributed by atoms with Crippen molar-refractivity contribution in [2.24, 2.45) is 0 Å². The van der Waals surface area contributed by atoms with Crippen LogP contribution in [0.4, 0.5) is 0 Å². The third kappa shape index (κ3) is 3.45. The Morgan fingerprint density at radius 3 is 2.42 bits per heavy atom. The number of aromatic nitrogens is 2. The zero-order chi connectivity index (χ0) is 13.7. The molecule has 0 atom stereocenters. The average molecular weight is 276 g/mol. The summed E-state index contributed by atoms with van der Waals surface area (Å²) in [6, 6.07) is 7.61. The Labute approximate surface area is 115 Å². The standard InChI is InChI=1S/C13H12N2O3S/c1-17-13(16)11-7-15-12(8-14-11)18-9-3-5-10(19-2)6-4-9/h3-8H,1-2H3. The van der Waals surface area contributed by atoms with Crippen molar-refractivity contribution >= 4 is 17.7 Å². The van der Waals surface area contributed by atoms with Crippen molar-refractivity contribution in [1.29, 1.82) is 0 Å². The lowest BCUT2D eigenvalue weighted by Crippen LogP contribution is -2.04. The van der Waals surface area contributed by atoms with Gasteiger partial charge in [-0.15, -0.1) is 11.8 Å². The second kappa shape index (κ2) is 6.19. The van der Waals surface area contributed by atoms with Crippen LogP contribution in [0.3, 0.4) is 0 Å². The number of rotatable bonds is 4. The van der Waals surface area contributed by atoms with E-state index in [1.54, 1.807) is 11.8 Å². The average Bonchev–Trinajstić information content (AvgIpc) is 2.48. The molecule has 0 saturated carbocycles. The van der Waals surface area contributed by atoms with Crippen molar-refractivity contribution in [2.45, 2.75) is 4.90 Å². The maximum absolute atomic E-state index is 11.2. The minimum Gasteiger partial charge on any atom is -0.464 e. The molecule has 1 aromatic carbocycles. The lowest BCUT2D eigenvalue weighted by Gasteiger charge is -2.05. The Morgan fingerprint density at radius 2 is 1.89 bits per heavy atom. The second-order valence-corrected chi connectivity index (χ2v) is 4.39. The molecule has 6 heteroatoms. The molecule has 5 nitrogen and oxygen atoms in total. The quantitative estimate of drug-likeness (QED) is 0.632. The number of benzene rings is 1. The predicted molar refractivity (Wildman–Crippen MR) is 71.7 cm³/mol. The molecule has 0 unspecified atom stereocenters. The van der Waals surface area contributed by atoms with Gasteiger partial charge in [0.1, 0.15) is 5.75 Å². The van der Waals surface area contributed by atoms with Gasteiger partial charge in [-0.05, 0) is 30.5 Å². The maximum atomic E-state index is 11.2. The lowest BCUT2D eigenvalue weighted by atomic mass is 10.3. The van der Waals surface area contributed by atoms with Crippen LogP contribution in [0.15, 0.2) is 41.6 Å². The number of esters is 1. The molecule has 0 bridgehead atoms. The topological polar surface area (TPSA) is 61.3 Å². The van der Waals surface area contributed by atoms with Crippen LogP contribution in [0.1, 0.15) is 10.5 Å². The number of hydrogen-bond acceptors (Lipinski definition) is 6. The predicted octanol–water partition coefficient (Wildman–Crippen LogP) is 2.78. The van der Waals surface area contributed by atoms with Crippen molar-refractivity contribution in [3.8, 4) is 11.6 Å². The van der Waals surface area contributed by atoms with Crippen LogP contribution >= 0.6 is 11.8 Å². The molecule has 0 saturated heterocycles. The van der Waals surface area contributed by atoms with Gasteiger partial charge in [0.05, 0.1) is 19.5 Å². The summed E-state index contributed by atoms with van der Waals surface area (Å²) in [6.45, 7) is 0. The Morgan fingerprint density at radius 1 is 1.16 bits per heavy atom. The third-order valence-electron chi connectivity index (χ3n) is 2.30. The molecule has 0 aliphatic heterocycles. The molecule has 0 spiro atoms. The molecule has 0 N–H and O–H groups in total. The van der Waals surface area contributed by atoms with Crippen molar-refractivity contribution in [1.82, 2.24) is 9.97 Å². The minimum absolute atomic E-state index is 0.146. The van der Waals surface area contributed by atoms with Crippen LogP contribution < -0.4 is 4.74 Å². The summed E-state index contributed by atoms with van der Waals surface area (Å²) in [5, 5.41) is 0. The molecule has 98 valence electrons. The van der Waals surface area contributed by atoms with Crippen LogP contribution in [0.2, 0.25) is 0 Å². The summed E-state index contributed by atoms with van der Waals surface area (Å²) in [7, 11) is 1.29. The SMILES string of the molecule is COC(=O)c1cnc(Oc2ccc(SC)cc2)cn1. The van der Waals surface area contributed by atoms with Crippen LogP contribution in [0.25, 0.3) is 0 Å². The molecular formula is C13H12N2O3S. The first kappa shape index (κ1) is 13.4. The van der Waals surface area contributed by atoms with Crippen LogP contribution in [0, 0.1) is 0 Å². The van der Waals surface area contributed by atoms with E-state index >= 15 is 0 Å². The molecule has 0 amide bonds. The van der Waals surface area contributed by atoms with E-state index in [0.29, 0.717) is 11.6 Å². The summed E-state index contributed by atoms with van der Waals surface area (Å²) in [4.78, 5) is 20.2. The molecule has 0 radical (unpaired) electrons. The fourth-order valence-corrected chi connectivity index (χ4v) is 1.75. The largest absolute Gasteiger partial charge is 0.464 e. The first-order valence-corrected chi connectivity index (χ1v) is 6.67. The van der Waals surface area contributed by atoms with E-state index in [4.69, 9.17) is 4.74 Å². The Kier molecular flexibility index (Phi) is 4.35. The Hall–Kier alpha value is -2.08. The van der Waals surface area contributed by atoms with Crippen molar-refractivity contribution in [3.63, 3.8) is 0 Å². The first-order chi connectivity index (χ1) is 9.22. The second-order valence-electron chi connectivity index (χ2n) is 3.51. The molecule has 1 heterocycles. The Bertz CT molecular complexity index is 555. The molecule has 19 heavy (non-hydrogen) atoms. The van der Waals surface area contributed by atoms with Gasteiger partial charge in [-0.2, -0.15) is 0 Å². The van der Waals surface area contributed by atoms with Crippen molar-refractivity contribution in [3.05, 3.63) is 42.4 Å². The van der Waals surface area contributed by atoms with Crippen LogP contribution in [-0.2, 0) is 4.74 Å². The minimum atomic E-state index is -0.525. The van der Waals surface area contributed by atoms with Gasteiger partial charge in [0.2, 0.25) is 5.88 Å². The van der Waals surface area contributed by atoms with Gasteiger partial charge in [0.15, 0.2) is 5.69 Å². The van der Waals surface area contributed by atoms with Gasteiger partial charge in [0.25, 0.3) is 0 Å². The van der Waals surface area contributed by atoms with Gasteiger partial charge >= 0.3 is 5.97 Å². The van der Waals surface area contributed by atoms with Crippen LogP contribution in [-0.4, -0.2) is 29.3 Å². The number of thioether (sulfide) groups is 1. The van der Waals surface area contributed by atoms with Crippen molar-refractivity contribution in [2.75, 3.05) is 13.4 Å². The molecule has 0 fully saturated rings. The highest BCUT2D eigenvalue weighted by Crippen LogP contribution is 2.22. The number of nitrogens with zero attached hydrogens (tertiary/aromatic N) is 2. The van der Waals surface area contributed by atoms with E-state index in [-0.39, 0.29) is 5.69 Å². The van der Waals surface area contributed by atoms with Gasteiger partial charge in [-0.25, -0.2) is 14.8 Å². The molecule has 0 aliphatic carbocycles. The van der Waals surface area contributed by atoms with Gasteiger partial charge in [-0.3, -0.25) is 0 Å². The molecule has 0 aliphatic rings. The first-order valence-electron chi connectivity index (χ1n) is 5.45. The van der Waals surface area contributed by atoms with E-state index in [9.17, 15) is 4.79 Å². The zero-order valence-electron chi connectivity index (χ0n) is 10.5. The zero-order valence-corrected chi connectivity index (χ0v) is 11.3. The summed E-state index contributed by atoms with van der Waals surface area (Å²) in [6.07, 6.45) is 4.71. The highest BCUT2D eigenvalue weighted by molar-refractivity contribution is 7.98. The number of ether oxygens (including phenoxy) is 2. The summed E-state index contributed by atoms with van der Waals surface area (Å²) >= 11 is 1.66. The lowest BCUT2D eigenvalue weighted by molar-refractivity contribution is 0.0593. The fraction of sp³-hybridized carbons (Fsp3) is 0.154. The third-order valence-corrected chi connectivity index (χ3v) is 3.05. The van der Waals surface area contributed by atoms with Crippen LogP contribution in [0.5, 0.6) is 11.6 Å². The fourth-order valence-electron chi connectivity index (χ4n) is 1.34. The van der Waals surface area contributed by atoms with Gasteiger partial charge < -0.3 is 9.47 Å². The summed E-state index contributed by atoms with van der Waals surface area (Å²) in [5.74, 6) is 0.464. The van der Waals surface area contributed by atoms with E-state index in [1.807, 2.05) is 30.5 Å². The van der Waals surface area contributed by atoms with E-state index in [2.05, 4.69) is 14.7 Å². The summed E-state index contributed by atoms with van der Waals surface area (Å²) < 4.78 is 10.0. The molecule has 1 aromatic heterocycles. The number of hydrogen-bond donors (Lipinski definition) is 0. The number of carbonyl (C=O) groups excluding carboxylic acids is 1. The monoisotopic (exact) mass is 276 g/mol. The van der Waals surface area contributed by atoms with E-state index in [1.165, 1.54) is 19.5 Å².